The van der Waals surface area contributed by atoms with Crippen molar-refractivity contribution in [1.82, 2.24) is 0 Å². The van der Waals surface area contributed by atoms with E-state index >= 15 is 0 Å². The van der Waals surface area contributed by atoms with Gasteiger partial charge in [-0.2, -0.15) is 0 Å². The first-order chi connectivity index (χ1) is 9.93. The fourth-order valence-corrected chi connectivity index (χ4v) is 4.36. The second-order valence-electron chi connectivity index (χ2n) is 9.90. The molecule has 0 amide bonds. The quantitative estimate of drug-likeness (QED) is 0.580. The van der Waals surface area contributed by atoms with Gasteiger partial charge in [-0.1, -0.05) is 68.7 Å². The Morgan fingerprint density at radius 1 is 0.909 bits per heavy atom. The number of rotatable bonds is 2. The molecule has 5 atom stereocenters. The molecular formula is C21H40O. The molecule has 0 aromatic heterocycles. The maximum Gasteiger partial charge on any atom is 0.139 e. The molecule has 5 unspecified atom stereocenters. The minimum atomic E-state index is 0.197. The average Bonchev–Trinajstić information content (AvgIpc) is 2.33. The first-order valence-electron chi connectivity index (χ1n) is 9.47. The molecule has 1 nitrogen and oxygen atoms in total. The molecule has 0 bridgehead atoms. The van der Waals surface area contributed by atoms with Gasteiger partial charge in [-0.25, -0.2) is 0 Å². The van der Waals surface area contributed by atoms with Gasteiger partial charge in [-0.3, -0.25) is 4.79 Å². The summed E-state index contributed by atoms with van der Waals surface area (Å²) in [6.45, 7) is 20.4. The smallest absolute Gasteiger partial charge is 0.139 e. The van der Waals surface area contributed by atoms with Crippen LogP contribution in [0.3, 0.4) is 0 Å². The molecule has 2 fully saturated rings. The number of Topliss-reactive ketones (excluding diaryl/α,β-unsaturated/α-hetero) is 1. The molecule has 2 aliphatic carbocycles. The number of hydrogen-bond donors (Lipinski definition) is 0. The lowest BCUT2D eigenvalue weighted by Gasteiger charge is -2.49. The van der Waals surface area contributed by atoms with Crippen LogP contribution in [0.15, 0.2) is 0 Å². The number of ketones is 1. The first-order valence-corrected chi connectivity index (χ1v) is 9.47. The van der Waals surface area contributed by atoms with Crippen LogP contribution >= 0.6 is 0 Å². The zero-order valence-electron chi connectivity index (χ0n) is 16.6. The molecule has 0 saturated heterocycles. The van der Waals surface area contributed by atoms with Crippen LogP contribution in [-0.2, 0) is 4.79 Å². The molecule has 130 valence electrons. The standard InChI is InChI=1S/C11H22.C10H18O/c1-6-9-7-10(8(9)2)11(3,4)5;1-5-7-6-8(9(7)11)10(2,3)4/h8-10H,6-7H2,1-5H3;7-8H,5-6H2,1-4H3. The van der Waals surface area contributed by atoms with Gasteiger partial charge in [0.15, 0.2) is 0 Å². The van der Waals surface area contributed by atoms with Gasteiger partial charge in [0.05, 0.1) is 0 Å². The predicted octanol–water partition coefficient (Wildman–Crippen LogP) is 6.36. The molecule has 2 saturated carbocycles. The molecular weight excluding hydrogens is 268 g/mol. The van der Waals surface area contributed by atoms with E-state index in [2.05, 4.69) is 62.3 Å². The average molecular weight is 309 g/mol. The fourth-order valence-electron chi connectivity index (χ4n) is 4.36. The Kier molecular flexibility index (Phi) is 6.32. The van der Waals surface area contributed by atoms with Gasteiger partial charge in [0, 0.05) is 11.8 Å². The minimum absolute atomic E-state index is 0.197. The zero-order valence-corrected chi connectivity index (χ0v) is 16.6. The van der Waals surface area contributed by atoms with Crippen LogP contribution in [0, 0.1) is 40.4 Å². The molecule has 22 heavy (non-hydrogen) atoms. The fraction of sp³-hybridized carbons (Fsp3) is 0.952. The number of carbonyl (C=O) groups is 1. The summed E-state index contributed by atoms with van der Waals surface area (Å²) in [5.74, 6) is 4.21. The second kappa shape index (κ2) is 7.05. The molecule has 0 aromatic rings. The SMILES string of the molecule is CCC1CC(C(C)(C)C)C1=O.CCC1CC(C(C)(C)C)C1C. The van der Waals surface area contributed by atoms with Crippen molar-refractivity contribution in [2.24, 2.45) is 40.4 Å². The van der Waals surface area contributed by atoms with E-state index in [0.717, 1.165) is 30.6 Å². The van der Waals surface area contributed by atoms with E-state index in [1.54, 1.807) is 0 Å². The van der Waals surface area contributed by atoms with E-state index in [1.807, 2.05) is 0 Å². The van der Waals surface area contributed by atoms with Crippen LogP contribution in [0.4, 0.5) is 0 Å². The summed E-state index contributed by atoms with van der Waals surface area (Å²) in [6, 6.07) is 0. The third-order valence-electron chi connectivity index (χ3n) is 6.38. The van der Waals surface area contributed by atoms with Crippen LogP contribution in [0.5, 0.6) is 0 Å². The van der Waals surface area contributed by atoms with Crippen LogP contribution in [0.1, 0.15) is 88.0 Å². The van der Waals surface area contributed by atoms with Crippen molar-refractivity contribution in [3.05, 3.63) is 0 Å². The van der Waals surface area contributed by atoms with Crippen molar-refractivity contribution < 1.29 is 4.79 Å². The molecule has 1 heteroatoms. The van der Waals surface area contributed by atoms with Gasteiger partial charge in [-0.15, -0.1) is 0 Å². The molecule has 0 radical (unpaired) electrons. The lowest BCUT2D eigenvalue weighted by molar-refractivity contribution is -0.141. The normalized spacial score (nSPS) is 35.1. The minimum Gasteiger partial charge on any atom is -0.299 e. The van der Waals surface area contributed by atoms with Crippen molar-refractivity contribution in [2.45, 2.75) is 88.0 Å². The van der Waals surface area contributed by atoms with Crippen molar-refractivity contribution in [1.29, 1.82) is 0 Å². The van der Waals surface area contributed by atoms with Gasteiger partial charge >= 0.3 is 0 Å². The van der Waals surface area contributed by atoms with Crippen molar-refractivity contribution in [3.8, 4) is 0 Å². The Hall–Kier alpha value is -0.330. The van der Waals surface area contributed by atoms with E-state index in [-0.39, 0.29) is 5.41 Å². The molecule has 2 rings (SSSR count). The molecule has 2 aliphatic rings. The number of hydrogen-bond acceptors (Lipinski definition) is 1. The monoisotopic (exact) mass is 308 g/mol. The summed E-state index contributed by atoms with van der Waals surface area (Å²) in [6.07, 6.45) is 5.01. The highest BCUT2D eigenvalue weighted by Crippen LogP contribution is 2.50. The Morgan fingerprint density at radius 2 is 1.45 bits per heavy atom. The van der Waals surface area contributed by atoms with Crippen molar-refractivity contribution >= 4 is 5.78 Å². The van der Waals surface area contributed by atoms with Gasteiger partial charge in [-0.05, 0) is 47.8 Å². The Labute approximate surface area is 139 Å². The predicted molar refractivity (Wildman–Crippen MR) is 96.9 cm³/mol. The Balaban J connectivity index is 0.000000220. The van der Waals surface area contributed by atoms with Crippen LogP contribution in [0.25, 0.3) is 0 Å². The summed E-state index contributed by atoms with van der Waals surface area (Å²) >= 11 is 0. The second-order valence-corrected chi connectivity index (χ2v) is 9.90. The first kappa shape index (κ1) is 19.7. The summed E-state index contributed by atoms with van der Waals surface area (Å²) in [7, 11) is 0. The maximum atomic E-state index is 11.4. The Morgan fingerprint density at radius 3 is 1.73 bits per heavy atom. The van der Waals surface area contributed by atoms with Crippen LogP contribution in [-0.4, -0.2) is 5.78 Å². The topological polar surface area (TPSA) is 17.1 Å². The van der Waals surface area contributed by atoms with Gasteiger partial charge in [0.25, 0.3) is 0 Å². The summed E-state index contributed by atoms with van der Waals surface area (Å²) in [5, 5.41) is 0. The molecule has 0 heterocycles. The highest BCUT2D eigenvalue weighted by molar-refractivity contribution is 5.89. The summed E-state index contributed by atoms with van der Waals surface area (Å²) in [5.41, 5.74) is 0.744. The summed E-state index contributed by atoms with van der Waals surface area (Å²) in [4.78, 5) is 11.4. The zero-order chi connectivity index (χ0) is 17.3. The lowest BCUT2D eigenvalue weighted by Crippen LogP contribution is -2.44. The van der Waals surface area contributed by atoms with Crippen LogP contribution < -0.4 is 0 Å². The Bertz CT molecular complexity index is 368. The largest absolute Gasteiger partial charge is 0.299 e. The highest BCUT2D eigenvalue weighted by atomic mass is 16.1. The molecule has 0 N–H and O–H groups in total. The highest BCUT2D eigenvalue weighted by Gasteiger charge is 2.44. The summed E-state index contributed by atoms with van der Waals surface area (Å²) < 4.78 is 0. The van der Waals surface area contributed by atoms with Crippen molar-refractivity contribution in [2.75, 3.05) is 0 Å². The van der Waals surface area contributed by atoms with Crippen LogP contribution in [0.2, 0.25) is 0 Å². The lowest BCUT2D eigenvalue weighted by atomic mass is 9.56. The van der Waals surface area contributed by atoms with E-state index in [0.29, 0.717) is 23.0 Å². The van der Waals surface area contributed by atoms with E-state index < -0.39 is 0 Å². The number of carbonyl (C=O) groups excluding carboxylic acids is 1. The van der Waals surface area contributed by atoms with Gasteiger partial charge < -0.3 is 0 Å². The molecule has 0 aliphatic heterocycles. The van der Waals surface area contributed by atoms with Crippen molar-refractivity contribution in [3.63, 3.8) is 0 Å². The van der Waals surface area contributed by atoms with Gasteiger partial charge in [0.1, 0.15) is 5.78 Å². The van der Waals surface area contributed by atoms with Gasteiger partial charge in [0.2, 0.25) is 0 Å². The maximum absolute atomic E-state index is 11.4. The molecule has 0 aromatic carbocycles. The molecule has 0 spiro atoms. The van der Waals surface area contributed by atoms with E-state index in [1.165, 1.54) is 12.8 Å². The third-order valence-corrected chi connectivity index (χ3v) is 6.38. The van der Waals surface area contributed by atoms with E-state index in [9.17, 15) is 4.79 Å². The van der Waals surface area contributed by atoms with E-state index in [4.69, 9.17) is 0 Å². The third kappa shape index (κ3) is 4.36.